The van der Waals surface area contributed by atoms with Crippen molar-refractivity contribution in [1.82, 2.24) is 5.32 Å². The topological polar surface area (TPSA) is 110 Å². The van der Waals surface area contributed by atoms with E-state index < -0.39 is 42.7 Å². The maximum atomic E-state index is 11.6. The Kier molecular flexibility index (Phi) is 7.34. The van der Waals surface area contributed by atoms with Crippen LogP contribution in [0.5, 0.6) is 0 Å². The number of ketones is 1. The van der Waals surface area contributed by atoms with Crippen LogP contribution < -0.4 is 5.32 Å². The van der Waals surface area contributed by atoms with Crippen molar-refractivity contribution in [2.75, 3.05) is 6.61 Å². The fourth-order valence-electron chi connectivity index (χ4n) is 1.19. The van der Waals surface area contributed by atoms with E-state index in [2.05, 4.69) is 10.1 Å². The second-order valence-corrected chi connectivity index (χ2v) is 3.71. The minimum atomic E-state index is -1.21. The van der Waals surface area contributed by atoms with Crippen LogP contribution in [0.25, 0.3) is 0 Å². The molecule has 0 spiro atoms. The number of hydrogen-bond acceptors (Lipinski definition) is 5. The predicted molar refractivity (Wildman–Crippen MR) is 60.7 cm³/mol. The summed E-state index contributed by atoms with van der Waals surface area (Å²) in [6, 6.07) is -1.17. The molecule has 7 heteroatoms. The van der Waals surface area contributed by atoms with Crippen LogP contribution >= 0.6 is 0 Å². The van der Waals surface area contributed by atoms with Gasteiger partial charge in [0.15, 0.2) is 12.4 Å². The zero-order chi connectivity index (χ0) is 14.1. The summed E-state index contributed by atoms with van der Waals surface area (Å²) in [4.78, 5) is 44.0. The number of carboxylic acids is 1. The third-order valence-electron chi connectivity index (χ3n) is 2.00. The van der Waals surface area contributed by atoms with E-state index in [9.17, 15) is 19.2 Å². The lowest BCUT2D eigenvalue weighted by atomic mass is 10.1. The normalized spacial score (nSPS) is 11.4. The first-order valence-corrected chi connectivity index (χ1v) is 5.54. The van der Waals surface area contributed by atoms with Crippen molar-refractivity contribution in [3.63, 3.8) is 0 Å². The lowest BCUT2D eigenvalue weighted by molar-refractivity contribution is -0.147. The molecule has 0 saturated carbocycles. The van der Waals surface area contributed by atoms with Gasteiger partial charge in [-0.1, -0.05) is 6.92 Å². The highest BCUT2D eigenvalue weighted by Gasteiger charge is 2.23. The predicted octanol–water partition coefficient (Wildman–Crippen LogP) is -0.122. The van der Waals surface area contributed by atoms with Crippen molar-refractivity contribution in [2.24, 2.45) is 0 Å². The van der Waals surface area contributed by atoms with Crippen LogP contribution in [0.4, 0.5) is 0 Å². The monoisotopic (exact) mass is 259 g/mol. The fraction of sp³-hybridized carbons (Fsp3) is 0.636. The Morgan fingerprint density at radius 3 is 2.33 bits per heavy atom. The maximum absolute atomic E-state index is 11.6. The van der Waals surface area contributed by atoms with Gasteiger partial charge in [-0.15, -0.1) is 0 Å². The molecule has 0 aromatic heterocycles. The number of nitrogens with one attached hydrogen (secondary N) is 1. The summed E-state index contributed by atoms with van der Waals surface area (Å²) in [5, 5.41) is 11.0. The number of rotatable bonds is 8. The summed E-state index contributed by atoms with van der Waals surface area (Å²) in [6.07, 6.45) is 0.260. The van der Waals surface area contributed by atoms with Gasteiger partial charge in [0.1, 0.15) is 6.04 Å². The van der Waals surface area contributed by atoms with Crippen LogP contribution in [0.3, 0.4) is 0 Å². The largest absolute Gasteiger partial charge is 0.481 e. The molecule has 0 bridgehead atoms. The van der Waals surface area contributed by atoms with Crippen LogP contribution in [0.15, 0.2) is 0 Å². The van der Waals surface area contributed by atoms with Gasteiger partial charge in [-0.2, -0.15) is 0 Å². The molecule has 0 radical (unpaired) electrons. The van der Waals surface area contributed by atoms with Gasteiger partial charge >= 0.3 is 11.9 Å². The molecule has 1 unspecified atom stereocenters. The molecule has 7 nitrogen and oxygen atoms in total. The van der Waals surface area contributed by atoms with Gasteiger partial charge in [-0.05, 0) is 6.42 Å². The standard InChI is InChI=1S/C11H17NO6/c1-3-4-10(15)12-8(5-11(16)17)9(14)6-18-7(2)13/h8H,3-6H2,1-2H3,(H,12,15)(H,16,17). The van der Waals surface area contributed by atoms with E-state index in [4.69, 9.17) is 5.11 Å². The highest BCUT2D eigenvalue weighted by Crippen LogP contribution is 1.98. The number of amides is 1. The number of carboxylic acid groups (broad SMARTS) is 1. The third-order valence-corrected chi connectivity index (χ3v) is 2.00. The quantitative estimate of drug-likeness (QED) is 0.588. The summed E-state index contributed by atoms with van der Waals surface area (Å²) in [5.41, 5.74) is 0. The summed E-state index contributed by atoms with van der Waals surface area (Å²) < 4.78 is 4.48. The summed E-state index contributed by atoms with van der Waals surface area (Å²) in [7, 11) is 0. The molecule has 2 N–H and O–H groups in total. The number of esters is 1. The number of ether oxygens (including phenoxy) is 1. The van der Waals surface area contributed by atoms with Crippen molar-refractivity contribution < 1.29 is 29.0 Å². The van der Waals surface area contributed by atoms with Gasteiger partial charge < -0.3 is 15.2 Å². The Morgan fingerprint density at radius 2 is 1.89 bits per heavy atom. The average molecular weight is 259 g/mol. The Labute approximate surface area is 104 Å². The molecule has 0 aromatic carbocycles. The second kappa shape index (κ2) is 8.21. The van der Waals surface area contributed by atoms with E-state index in [0.29, 0.717) is 6.42 Å². The van der Waals surface area contributed by atoms with E-state index in [1.807, 2.05) is 0 Å². The molecule has 0 saturated heterocycles. The molecule has 1 amide bonds. The van der Waals surface area contributed by atoms with Gasteiger partial charge in [0.25, 0.3) is 0 Å². The molecule has 102 valence electrons. The Morgan fingerprint density at radius 1 is 1.28 bits per heavy atom. The Hall–Kier alpha value is -1.92. The van der Waals surface area contributed by atoms with E-state index in [1.165, 1.54) is 0 Å². The van der Waals surface area contributed by atoms with Gasteiger partial charge in [0, 0.05) is 13.3 Å². The summed E-state index contributed by atoms with van der Waals surface area (Å²) in [6.45, 7) is 2.38. The van der Waals surface area contributed by atoms with Crippen LogP contribution in [-0.4, -0.2) is 41.4 Å². The van der Waals surface area contributed by atoms with Gasteiger partial charge in [0.2, 0.25) is 5.91 Å². The van der Waals surface area contributed by atoms with Crippen molar-refractivity contribution >= 4 is 23.6 Å². The fourth-order valence-corrected chi connectivity index (χ4v) is 1.19. The molecule has 1 atom stereocenters. The zero-order valence-electron chi connectivity index (χ0n) is 10.4. The highest BCUT2D eigenvalue weighted by molar-refractivity contribution is 5.93. The molecule has 0 fully saturated rings. The molecule has 18 heavy (non-hydrogen) atoms. The molecule has 0 aliphatic heterocycles. The molecule has 0 rings (SSSR count). The number of Topliss-reactive ketones (excluding diaryl/α,β-unsaturated/α-hetero) is 1. The minimum absolute atomic E-state index is 0.205. The van der Waals surface area contributed by atoms with Crippen LogP contribution in [0.1, 0.15) is 33.1 Å². The van der Waals surface area contributed by atoms with E-state index in [1.54, 1.807) is 6.92 Å². The van der Waals surface area contributed by atoms with Crippen molar-refractivity contribution in [3.05, 3.63) is 0 Å². The lowest BCUT2D eigenvalue weighted by Crippen LogP contribution is -2.44. The van der Waals surface area contributed by atoms with Gasteiger partial charge in [-0.25, -0.2) is 0 Å². The van der Waals surface area contributed by atoms with Crippen LogP contribution in [-0.2, 0) is 23.9 Å². The Bertz CT molecular complexity index is 338. The zero-order valence-corrected chi connectivity index (χ0v) is 10.4. The minimum Gasteiger partial charge on any atom is -0.481 e. The van der Waals surface area contributed by atoms with E-state index in [0.717, 1.165) is 6.92 Å². The highest BCUT2D eigenvalue weighted by atomic mass is 16.5. The second-order valence-electron chi connectivity index (χ2n) is 3.71. The summed E-state index contributed by atoms with van der Waals surface area (Å²) in [5.74, 6) is -2.90. The smallest absolute Gasteiger partial charge is 0.305 e. The van der Waals surface area contributed by atoms with Crippen LogP contribution in [0.2, 0.25) is 0 Å². The molecule has 0 aromatic rings. The molecule has 0 aliphatic rings. The SMILES string of the molecule is CCCC(=O)NC(CC(=O)O)C(=O)COC(C)=O. The first kappa shape index (κ1) is 16.1. The maximum Gasteiger partial charge on any atom is 0.305 e. The molecular formula is C11H17NO6. The molecular weight excluding hydrogens is 242 g/mol. The number of carbonyl (C=O) groups excluding carboxylic acids is 3. The van der Waals surface area contributed by atoms with E-state index >= 15 is 0 Å². The molecule has 0 heterocycles. The van der Waals surface area contributed by atoms with Crippen LogP contribution in [0, 0.1) is 0 Å². The lowest BCUT2D eigenvalue weighted by Gasteiger charge is -2.15. The first-order chi connectivity index (χ1) is 8.36. The van der Waals surface area contributed by atoms with Crippen molar-refractivity contribution in [1.29, 1.82) is 0 Å². The average Bonchev–Trinajstić information content (AvgIpc) is 2.24. The van der Waals surface area contributed by atoms with E-state index in [-0.39, 0.29) is 6.42 Å². The van der Waals surface area contributed by atoms with Crippen molar-refractivity contribution in [2.45, 2.75) is 39.2 Å². The third kappa shape index (κ3) is 7.37. The number of aliphatic carboxylic acids is 1. The Balaban J connectivity index is 4.46. The van der Waals surface area contributed by atoms with Gasteiger partial charge in [-0.3, -0.25) is 19.2 Å². The molecule has 0 aliphatic carbocycles. The van der Waals surface area contributed by atoms with Crippen molar-refractivity contribution in [3.8, 4) is 0 Å². The number of hydrogen-bond donors (Lipinski definition) is 2. The first-order valence-electron chi connectivity index (χ1n) is 5.54. The summed E-state index contributed by atoms with van der Waals surface area (Å²) >= 11 is 0. The number of carbonyl (C=O) groups is 4. The van der Waals surface area contributed by atoms with Gasteiger partial charge in [0.05, 0.1) is 6.42 Å².